The van der Waals surface area contributed by atoms with Crippen LogP contribution < -0.4 is 10.5 Å². The van der Waals surface area contributed by atoms with Crippen molar-refractivity contribution in [3.8, 4) is 5.75 Å². The zero-order valence-corrected chi connectivity index (χ0v) is 9.61. The van der Waals surface area contributed by atoms with Gasteiger partial charge in [0.05, 0.1) is 19.3 Å². The maximum atomic E-state index is 13.6. The van der Waals surface area contributed by atoms with E-state index in [0.29, 0.717) is 17.7 Å². The lowest BCUT2D eigenvalue weighted by molar-refractivity contribution is 0.133. The molecule has 16 heavy (non-hydrogen) atoms. The van der Waals surface area contributed by atoms with Gasteiger partial charge >= 0.3 is 0 Å². The summed E-state index contributed by atoms with van der Waals surface area (Å²) in [7, 11) is 1.47. The van der Waals surface area contributed by atoms with E-state index < -0.39 is 18.0 Å². The Morgan fingerprint density at radius 1 is 1.50 bits per heavy atom. The van der Waals surface area contributed by atoms with Crippen molar-refractivity contribution in [1.29, 1.82) is 0 Å². The van der Waals surface area contributed by atoms with Crippen LogP contribution in [0.4, 0.5) is 4.39 Å². The molecule has 0 saturated heterocycles. The molecule has 0 unspecified atom stereocenters. The molecular formula is C12H18FNO2. The number of rotatable bonds is 5. The number of nitrogens with two attached hydrogens (primary N) is 1. The molecule has 0 heterocycles. The lowest BCUT2D eigenvalue weighted by atomic mass is 9.98. The fourth-order valence-electron chi connectivity index (χ4n) is 1.59. The third kappa shape index (κ3) is 2.93. The molecule has 0 aliphatic carbocycles. The monoisotopic (exact) mass is 227 g/mol. The van der Waals surface area contributed by atoms with Crippen molar-refractivity contribution < 1.29 is 14.2 Å². The Labute approximate surface area is 95.0 Å². The van der Waals surface area contributed by atoms with Gasteiger partial charge in [-0.15, -0.1) is 0 Å². The van der Waals surface area contributed by atoms with Gasteiger partial charge in [0, 0.05) is 11.6 Å². The van der Waals surface area contributed by atoms with Gasteiger partial charge in [-0.05, 0) is 12.5 Å². The number of hydrogen-bond acceptors (Lipinski definition) is 3. The molecule has 0 aliphatic heterocycles. The molecule has 0 spiro atoms. The van der Waals surface area contributed by atoms with Crippen LogP contribution >= 0.6 is 0 Å². The average Bonchev–Trinajstić information content (AvgIpc) is 2.28. The Bertz CT molecular complexity index is 344. The highest BCUT2D eigenvalue weighted by Gasteiger charge is 2.19. The standard InChI is InChI=1S/C12H18FNO2/c1-3-4-11(15)12(14)9-6-5-8(16-2)7-10(9)13/h5-7,11-12,15H,3-4,14H2,1-2H3/t11-,12+/m1/s1. The summed E-state index contributed by atoms with van der Waals surface area (Å²) in [6.45, 7) is 1.94. The van der Waals surface area contributed by atoms with E-state index in [4.69, 9.17) is 10.5 Å². The van der Waals surface area contributed by atoms with Crippen molar-refractivity contribution in [2.75, 3.05) is 7.11 Å². The van der Waals surface area contributed by atoms with Gasteiger partial charge in [-0.25, -0.2) is 4.39 Å². The van der Waals surface area contributed by atoms with Gasteiger partial charge < -0.3 is 15.6 Å². The van der Waals surface area contributed by atoms with E-state index in [1.54, 1.807) is 12.1 Å². The van der Waals surface area contributed by atoms with E-state index in [0.717, 1.165) is 6.42 Å². The van der Waals surface area contributed by atoms with Crippen molar-refractivity contribution in [3.05, 3.63) is 29.6 Å². The number of ether oxygens (including phenoxy) is 1. The lowest BCUT2D eigenvalue weighted by Gasteiger charge is -2.19. The molecular weight excluding hydrogens is 209 g/mol. The second-order valence-corrected chi connectivity index (χ2v) is 3.77. The molecule has 3 N–H and O–H groups in total. The van der Waals surface area contributed by atoms with E-state index >= 15 is 0 Å². The summed E-state index contributed by atoms with van der Waals surface area (Å²) in [5.41, 5.74) is 6.11. The van der Waals surface area contributed by atoms with Crippen LogP contribution in [0.15, 0.2) is 18.2 Å². The van der Waals surface area contributed by atoms with Crippen molar-refractivity contribution in [2.24, 2.45) is 5.73 Å². The highest BCUT2D eigenvalue weighted by Crippen LogP contribution is 2.23. The highest BCUT2D eigenvalue weighted by atomic mass is 19.1. The average molecular weight is 227 g/mol. The molecule has 1 aromatic rings. The number of aliphatic hydroxyl groups excluding tert-OH is 1. The highest BCUT2D eigenvalue weighted by molar-refractivity contribution is 5.31. The number of benzene rings is 1. The minimum Gasteiger partial charge on any atom is -0.497 e. The van der Waals surface area contributed by atoms with Gasteiger partial charge in [0.2, 0.25) is 0 Å². The smallest absolute Gasteiger partial charge is 0.131 e. The Hall–Kier alpha value is -1.13. The van der Waals surface area contributed by atoms with Crippen LogP contribution in [0.5, 0.6) is 5.75 Å². The summed E-state index contributed by atoms with van der Waals surface area (Å²) < 4.78 is 18.5. The van der Waals surface area contributed by atoms with Crippen LogP contribution in [0, 0.1) is 5.82 Å². The van der Waals surface area contributed by atoms with Crippen LogP contribution in [-0.2, 0) is 0 Å². The topological polar surface area (TPSA) is 55.5 Å². The zero-order chi connectivity index (χ0) is 12.1. The molecule has 0 radical (unpaired) electrons. The van der Waals surface area contributed by atoms with Crippen molar-refractivity contribution in [3.63, 3.8) is 0 Å². The van der Waals surface area contributed by atoms with E-state index in [9.17, 15) is 9.50 Å². The SMILES string of the molecule is CCC[C@@H](O)[C@@H](N)c1ccc(OC)cc1F. The van der Waals surface area contributed by atoms with E-state index in [2.05, 4.69) is 0 Å². The zero-order valence-electron chi connectivity index (χ0n) is 9.61. The van der Waals surface area contributed by atoms with Crippen molar-refractivity contribution in [1.82, 2.24) is 0 Å². The minimum atomic E-state index is -0.715. The first-order valence-electron chi connectivity index (χ1n) is 5.37. The molecule has 0 aliphatic rings. The summed E-state index contributed by atoms with van der Waals surface area (Å²) >= 11 is 0. The quantitative estimate of drug-likeness (QED) is 0.808. The van der Waals surface area contributed by atoms with Crippen LogP contribution in [0.3, 0.4) is 0 Å². The van der Waals surface area contributed by atoms with Crippen LogP contribution in [0.1, 0.15) is 31.4 Å². The number of methoxy groups -OCH3 is 1. The summed E-state index contributed by atoms with van der Waals surface area (Å²) in [4.78, 5) is 0. The van der Waals surface area contributed by atoms with Crippen molar-refractivity contribution >= 4 is 0 Å². The maximum absolute atomic E-state index is 13.6. The predicted molar refractivity (Wildman–Crippen MR) is 60.8 cm³/mol. The Balaban J connectivity index is 2.87. The third-order valence-corrected chi connectivity index (χ3v) is 2.57. The van der Waals surface area contributed by atoms with Crippen LogP contribution in [0.2, 0.25) is 0 Å². The summed E-state index contributed by atoms with van der Waals surface area (Å²) in [5.74, 6) is 0.000402. The minimum absolute atomic E-state index is 0.321. The number of hydrogen-bond donors (Lipinski definition) is 2. The second-order valence-electron chi connectivity index (χ2n) is 3.77. The molecule has 1 aromatic carbocycles. The molecule has 0 bridgehead atoms. The van der Waals surface area contributed by atoms with Crippen molar-refractivity contribution in [2.45, 2.75) is 31.9 Å². The first-order chi connectivity index (χ1) is 7.60. The first-order valence-corrected chi connectivity index (χ1v) is 5.37. The van der Waals surface area contributed by atoms with Crippen LogP contribution in [0.25, 0.3) is 0 Å². The van der Waals surface area contributed by atoms with Gasteiger partial charge in [0.15, 0.2) is 0 Å². The Morgan fingerprint density at radius 3 is 2.69 bits per heavy atom. The van der Waals surface area contributed by atoms with Gasteiger partial charge in [0.1, 0.15) is 11.6 Å². The van der Waals surface area contributed by atoms with E-state index in [-0.39, 0.29) is 0 Å². The molecule has 1 rings (SSSR count). The summed E-state index contributed by atoms with van der Waals surface area (Å²) in [6.07, 6.45) is 0.659. The van der Waals surface area contributed by atoms with Gasteiger partial charge in [-0.1, -0.05) is 19.4 Å². The number of halogens is 1. The second kappa shape index (κ2) is 5.82. The molecule has 0 fully saturated rings. The van der Waals surface area contributed by atoms with Gasteiger partial charge in [0.25, 0.3) is 0 Å². The molecule has 3 nitrogen and oxygen atoms in total. The Morgan fingerprint density at radius 2 is 2.19 bits per heavy atom. The first kappa shape index (κ1) is 12.9. The summed E-state index contributed by atoms with van der Waals surface area (Å²) in [5, 5.41) is 9.70. The number of aliphatic hydroxyl groups is 1. The Kier molecular flexibility index (Phi) is 4.71. The fraction of sp³-hybridized carbons (Fsp3) is 0.500. The molecule has 0 saturated carbocycles. The lowest BCUT2D eigenvalue weighted by Crippen LogP contribution is -2.26. The largest absolute Gasteiger partial charge is 0.497 e. The van der Waals surface area contributed by atoms with E-state index in [1.165, 1.54) is 13.2 Å². The normalized spacial score (nSPS) is 14.6. The molecule has 90 valence electrons. The van der Waals surface area contributed by atoms with Crippen LogP contribution in [-0.4, -0.2) is 18.3 Å². The maximum Gasteiger partial charge on any atom is 0.131 e. The summed E-state index contributed by atoms with van der Waals surface area (Å²) in [6, 6.07) is 3.77. The fourth-order valence-corrected chi connectivity index (χ4v) is 1.59. The van der Waals surface area contributed by atoms with Gasteiger partial charge in [-0.3, -0.25) is 0 Å². The third-order valence-electron chi connectivity index (χ3n) is 2.57. The molecule has 0 amide bonds. The molecule has 2 atom stereocenters. The van der Waals surface area contributed by atoms with E-state index in [1.807, 2.05) is 6.92 Å². The molecule has 4 heteroatoms. The molecule has 0 aromatic heterocycles. The predicted octanol–water partition coefficient (Wildman–Crippen LogP) is 2.00. The van der Waals surface area contributed by atoms with Gasteiger partial charge in [-0.2, -0.15) is 0 Å².